The molecule has 2 aromatic heterocycles. The number of amides is 1. The molecule has 0 fully saturated rings. The van der Waals surface area contributed by atoms with Crippen molar-refractivity contribution in [2.45, 2.75) is 26.3 Å². The molecule has 0 saturated heterocycles. The van der Waals surface area contributed by atoms with Crippen molar-refractivity contribution in [2.75, 3.05) is 26.0 Å². The second-order valence-corrected chi connectivity index (χ2v) is 8.77. The van der Waals surface area contributed by atoms with Crippen LogP contribution in [0.25, 0.3) is 33.5 Å². The Morgan fingerprint density at radius 1 is 1.09 bits per heavy atom. The Balaban J connectivity index is 1.86. The fourth-order valence-electron chi connectivity index (χ4n) is 3.84. The highest BCUT2D eigenvalue weighted by atomic mass is 16.5. The summed E-state index contributed by atoms with van der Waals surface area (Å²) in [4.78, 5) is 26.1. The van der Waals surface area contributed by atoms with Crippen LogP contribution in [0, 0.1) is 0 Å². The second-order valence-electron chi connectivity index (χ2n) is 8.77. The molecule has 0 atom stereocenters. The molecule has 2 aromatic carbocycles. The molecule has 0 bridgehead atoms. The smallest absolute Gasteiger partial charge is 0.252 e. The number of nitrogen functional groups attached to an aromatic ring is 1. The number of anilines is 1. The molecule has 4 rings (SSSR count). The molecule has 2 heterocycles. The topological polar surface area (TPSA) is 108 Å². The SMILES string of the molecule is COCCNC(=O)c1ccccc1-c1nc2cc(-c3cnc(N)nc3)ccc2n1C(C)(C)C. The maximum Gasteiger partial charge on any atom is 0.252 e. The summed E-state index contributed by atoms with van der Waals surface area (Å²) in [7, 11) is 1.61. The van der Waals surface area contributed by atoms with Crippen LogP contribution in [0.3, 0.4) is 0 Å². The number of nitrogens with zero attached hydrogens (tertiary/aromatic N) is 4. The fraction of sp³-hybridized carbons (Fsp3) is 0.280. The van der Waals surface area contributed by atoms with Gasteiger partial charge in [0.2, 0.25) is 5.95 Å². The van der Waals surface area contributed by atoms with E-state index in [2.05, 4.69) is 40.6 Å². The van der Waals surface area contributed by atoms with E-state index in [9.17, 15) is 4.79 Å². The van der Waals surface area contributed by atoms with Crippen LogP contribution in [-0.4, -0.2) is 45.7 Å². The number of hydrogen-bond acceptors (Lipinski definition) is 6. The fourth-order valence-corrected chi connectivity index (χ4v) is 3.84. The highest BCUT2D eigenvalue weighted by Crippen LogP contribution is 2.34. The van der Waals surface area contributed by atoms with Gasteiger partial charge in [0.05, 0.1) is 23.2 Å². The van der Waals surface area contributed by atoms with E-state index in [1.807, 2.05) is 42.5 Å². The van der Waals surface area contributed by atoms with Crippen LogP contribution in [0.1, 0.15) is 31.1 Å². The lowest BCUT2D eigenvalue weighted by Crippen LogP contribution is -2.28. The van der Waals surface area contributed by atoms with Crippen LogP contribution < -0.4 is 11.1 Å². The normalized spacial score (nSPS) is 11.6. The van der Waals surface area contributed by atoms with Gasteiger partial charge in [-0.25, -0.2) is 15.0 Å². The van der Waals surface area contributed by atoms with E-state index >= 15 is 0 Å². The van der Waals surface area contributed by atoms with E-state index in [1.165, 1.54) is 0 Å². The molecular weight excluding hydrogens is 416 g/mol. The van der Waals surface area contributed by atoms with Crippen LogP contribution in [-0.2, 0) is 10.3 Å². The lowest BCUT2D eigenvalue weighted by molar-refractivity contribution is 0.0937. The van der Waals surface area contributed by atoms with Crippen molar-refractivity contribution in [3.8, 4) is 22.5 Å². The highest BCUT2D eigenvalue weighted by Gasteiger charge is 2.25. The number of nitrogens with two attached hydrogens (primary N) is 1. The van der Waals surface area contributed by atoms with Gasteiger partial charge in [-0.3, -0.25) is 4.79 Å². The van der Waals surface area contributed by atoms with Gasteiger partial charge in [-0.15, -0.1) is 0 Å². The monoisotopic (exact) mass is 444 g/mol. The summed E-state index contributed by atoms with van der Waals surface area (Å²) >= 11 is 0. The number of carbonyl (C=O) groups excluding carboxylic acids is 1. The van der Waals surface area contributed by atoms with E-state index in [-0.39, 0.29) is 17.4 Å². The Kier molecular flexibility index (Phi) is 6.11. The number of aromatic nitrogens is 4. The average Bonchev–Trinajstić information content (AvgIpc) is 3.19. The van der Waals surface area contributed by atoms with Crippen molar-refractivity contribution in [3.05, 3.63) is 60.4 Å². The maximum absolute atomic E-state index is 12.9. The van der Waals surface area contributed by atoms with Gasteiger partial charge >= 0.3 is 0 Å². The first-order valence-corrected chi connectivity index (χ1v) is 10.8. The molecule has 0 spiro atoms. The van der Waals surface area contributed by atoms with Crippen molar-refractivity contribution < 1.29 is 9.53 Å². The number of methoxy groups -OCH3 is 1. The Labute approximate surface area is 192 Å². The number of ether oxygens (including phenoxy) is 1. The molecule has 1 amide bonds. The third-order valence-electron chi connectivity index (χ3n) is 5.33. The van der Waals surface area contributed by atoms with Gasteiger partial charge in [0.25, 0.3) is 5.91 Å². The van der Waals surface area contributed by atoms with Gasteiger partial charge in [-0.05, 0) is 44.5 Å². The average molecular weight is 445 g/mol. The van der Waals surface area contributed by atoms with Crippen molar-refractivity contribution in [1.82, 2.24) is 24.8 Å². The van der Waals surface area contributed by atoms with E-state index in [0.717, 1.165) is 33.5 Å². The number of benzene rings is 2. The summed E-state index contributed by atoms with van der Waals surface area (Å²) < 4.78 is 7.23. The first kappa shape index (κ1) is 22.4. The third kappa shape index (κ3) is 4.56. The summed E-state index contributed by atoms with van der Waals surface area (Å²) in [5.41, 5.74) is 10.3. The van der Waals surface area contributed by atoms with Crippen molar-refractivity contribution in [3.63, 3.8) is 0 Å². The van der Waals surface area contributed by atoms with E-state index in [1.54, 1.807) is 19.5 Å². The van der Waals surface area contributed by atoms with Crippen LogP contribution in [0.5, 0.6) is 0 Å². The zero-order chi connectivity index (χ0) is 23.6. The van der Waals surface area contributed by atoms with Gasteiger partial charge < -0.3 is 20.4 Å². The summed E-state index contributed by atoms with van der Waals surface area (Å²) in [5.74, 6) is 0.815. The first-order chi connectivity index (χ1) is 15.8. The van der Waals surface area contributed by atoms with E-state index in [0.29, 0.717) is 18.7 Å². The molecule has 0 radical (unpaired) electrons. The molecular formula is C25H28N6O2. The summed E-state index contributed by atoms with van der Waals surface area (Å²) in [6, 6.07) is 13.6. The highest BCUT2D eigenvalue weighted by molar-refractivity contribution is 6.01. The van der Waals surface area contributed by atoms with Gasteiger partial charge in [-0.1, -0.05) is 24.3 Å². The molecule has 3 N–H and O–H groups in total. The Morgan fingerprint density at radius 3 is 2.52 bits per heavy atom. The molecule has 8 heteroatoms. The van der Waals surface area contributed by atoms with Crippen LogP contribution in [0.15, 0.2) is 54.9 Å². The Morgan fingerprint density at radius 2 is 1.82 bits per heavy atom. The molecule has 8 nitrogen and oxygen atoms in total. The van der Waals surface area contributed by atoms with Gasteiger partial charge in [0.15, 0.2) is 0 Å². The number of carbonyl (C=O) groups is 1. The van der Waals surface area contributed by atoms with Gasteiger partial charge in [0, 0.05) is 42.7 Å². The summed E-state index contributed by atoms with van der Waals surface area (Å²) in [5, 5.41) is 2.91. The van der Waals surface area contributed by atoms with Crippen molar-refractivity contribution in [2.24, 2.45) is 0 Å². The van der Waals surface area contributed by atoms with Gasteiger partial charge in [0.1, 0.15) is 5.82 Å². The molecule has 0 unspecified atom stereocenters. The summed E-state index contributed by atoms with van der Waals surface area (Å²) in [6.45, 7) is 7.26. The quantitative estimate of drug-likeness (QED) is 0.437. The number of rotatable bonds is 6. The minimum Gasteiger partial charge on any atom is -0.383 e. The minimum atomic E-state index is -0.268. The minimum absolute atomic E-state index is 0.158. The Bertz CT molecular complexity index is 1290. The van der Waals surface area contributed by atoms with Crippen molar-refractivity contribution >= 4 is 22.9 Å². The molecule has 170 valence electrons. The van der Waals surface area contributed by atoms with Crippen LogP contribution >= 0.6 is 0 Å². The number of fused-ring (bicyclic) bond motifs is 1. The van der Waals surface area contributed by atoms with Crippen LogP contribution in [0.2, 0.25) is 0 Å². The lowest BCUT2D eigenvalue weighted by Gasteiger charge is -2.25. The molecule has 0 aliphatic heterocycles. The summed E-state index contributed by atoms with van der Waals surface area (Å²) in [6.07, 6.45) is 3.40. The number of imidazole rings is 1. The lowest BCUT2D eigenvalue weighted by atomic mass is 10.0. The third-order valence-corrected chi connectivity index (χ3v) is 5.33. The second kappa shape index (κ2) is 8.99. The molecule has 33 heavy (non-hydrogen) atoms. The molecule has 0 aliphatic carbocycles. The molecule has 0 saturated carbocycles. The van der Waals surface area contributed by atoms with Gasteiger partial charge in [-0.2, -0.15) is 0 Å². The predicted octanol–water partition coefficient (Wildman–Crippen LogP) is 3.87. The maximum atomic E-state index is 12.9. The molecule has 0 aliphatic rings. The Hall–Kier alpha value is -3.78. The first-order valence-electron chi connectivity index (χ1n) is 10.8. The molecule has 4 aromatic rings. The van der Waals surface area contributed by atoms with Crippen molar-refractivity contribution in [1.29, 1.82) is 0 Å². The number of nitrogens with one attached hydrogen (secondary N) is 1. The largest absolute Gasteiger partial charge is 0.383 e. The zero-order valence-corrected chi connectivity index (χ0v) is 19.3. The predicted molar refractivity (Wildman–Crippen MR) is 130 cm³/mol. The van der Waals surface area contributed by atoms with E-state index < -0.39 is 0 Å². The van der Waals surface area contributed by atoms with E-state index in [4.69, 9.17) is 15.5 Å². The number of hydrogen-bond donors (Lipinski definition) is 2. The zero-order valence-electron chi connectivity index (χ0n) is 19.3. The standard InChI is InChI=1S/C25H28N6O2/c1-25(2,3)31-21-10-9-16(17-14-28-24(26)29-15-17)13-20(21)30-22(31)18-7-5-6-8-19(18)23(32)27-11-12-33-4/h5-10,13-15H,11-12H2,1-4H3,(H,27,32)(H2,26,28,29). The van der Waals surface area contributed by atoms with Crippen LogP contribution in [0.4, 0.5) is 5.95 Å².